The Hall–Kier alpha value is -4.26. The molecule has 2 heterocycles. The van der Waals surface area contributed by atoms with Gasteiger partial charge in [-0.2, -0.15) is 0 Å². The van der Waals surface area contributed by atoms with Crippen molar-refractivity contribution in [3.63, 3.8) is 0 Å². The summed E-state index contributed by atoms with van der Waals surface area (Å²) >= 11 is 0. The first kappa shape index (κ1) is 21.0. The number of carbonyl (C=O) groups excluding carboxylic acids is 2. The number of amides is 2. The molecule has 7 nitrogen and oxygen atoms in total. The SMILES string of the molecule is CCCC(=O)Nc1ccc(-c2oc(-c3ccccc3)nc2C(=O)Nc2ccccn2)cc1. The van der Waals surface area contributed by atoms with E-state index >= 15 is 0 Å². The third-order valence-corrected chi connectivity index (χ3v) is 4.68. The summed E-state index contributed by atoms with van der Waals surface area (Å²) in [5.41, 5.74) is 2.25. The van der Waals surface area contributed by atoms with Crippen molar-refractivity contribution in [2.45, 2.75) is 19.8 Å². The van der Waals surface area contributed by atoms with E-state index in [0.29, 0.717) is 35.1 Å². The fraction of sp³-hybridized carbons (Fsp3) is 0.120. The molecule has 0 aliphatic carbocycles. The molecule has 0 saturated carbocycles. The minimum atomic E-state index is -0.426. The zero-order valence-electron chi connectivity index (χ0n) is 17.5. The molecule has 0 unspecified atom stereocenters. The lowest BCUT2D eigenvalue weighted by atomic mass is 10.1. The number of aromatic nitrogens is 2. The summed E-state index contributed by atoms with van der Waals surface area (Å²) in [6, 6.07) is 21.7. The lowest BCUT2D eigenvalue weighted by molar-refractivity contribution is -0.116. The fourth-order valence-electron chi connectivity index (χ4n) is 3.14. The topological polar surface area (TPSA) is 97.1 Å². The van der Waals surface area contributed by atoms with Gasteiger partial charge in [-0.25, -0.2) is 9.97 Å². The number of nitrogens with one attached hydrogen (secondary N) is 2. The van der Waals surface area contributed by atoms with Gasteiger partial charge in [0.15, 0.2) is 11.5 Å². The van der Waals surface area contributed by atoms with E-state index in [9.17, 15) is 9.59 Å². The summed E-state index contributed by atoms with van der Waals surface area (Å²) in [6.07, 6.45) is 2.83. The Kier molecular flexibility index (Phi) is 6.36. The highest BCUT2D eigenvalue weighted by Gasteiger charge is 2.23. The van der Waals surface area contributed by atoms with Crippen LogP contribution >= 0.6 is 0 Å². The van der Waals surface area contributed by atoms with Crippen molar-refractivity contribution >= 4 is 23.3 Å². The smallest absolute Gasteiger partial charge is 0.279 e. The summed E-state index contributed by atoms with van der Waals surface area (Å²) in [5.74, 6) is 0.629. The number of carbonyl (C=O) groups is 2. The highest BCUT2D eigenvalue weighted by molar-refractivity contribution is 6.06. The second kappa shape index (κ2) is 9.70. The maximum absolute atomic E-state index is 13.0. The van der Waals surface area contributed by atoms with E-state index in [1.165, 1.54) is 0 Å². The number of hydrogen-bond donors (Lipinski definition) is 2. The fourth-order valence-corrected chi connectivity index (χ4v) is 3.14. The molecule has 2 N–H and O–H groups in total. The third-order valence-electron chi connectivity index (χ3n) is 4.68. The van der Waals surface area contributed by atoms with E-state index in [1.54, 1.807) is 48.7 Å². The molecule has 0 spiro atoms. The van der Waals surface area contributed by atoms with Gasteiger partial charge in [0.2, 0.25) is 11.8 Å². The molecule has 0 aliphatic rings. The highest BCUT2D eigenvalue weighted by Crippen LogP contribution is 2.31. The third kappa shape index (κ3) is 4.89. The standard InChI is InChI=1S/C25H22N4O3/c1-2-8-21(30)27-19-14-12-17(13-15-19)23-22(24(31)28-20-11-6-7-16-26-20)29-25(32-23)18-9-4-3-5-10-18/h3-7,9-16H,2,8H2,1H3,(H,27,30)(H,26,28,31). The summed E-state index contributed by atoms with van der Waals surface area (Å²) in [7, 11) is 0. The lowest BCUT2D eigenvalue weighted by Gasteiger charge is -2.06. The van der Waals surface area contributed by atoms with Gasteiger partial charge in [0, 0.05) is 29.4 Å². The summed E-state index contributed by atoms with van der Waals surface area (Å²) in [5, 5.41) is 5.61. The molecular formula is C25H22N4O3. The van der Waals surface area contributed by atoms with Crippen molar-refractivity contribution in [3.8, 4) is 22.8 Å². The molecule has 0 bridgehead atoms. The first-order valence-electron chi connectivity index (χ1n) is 10.3. The normalized spacial score (nSPS) is 10.5. The zero-order chi connectivity index (χ0) is 22.3. The molecule has 2 aromatic heterocycles. The Balaban J connectivity index is 1.67. The first-order chi connectivity index (χ1) is 15.6. The van der Waals surface area contributed by atoms with Crippen LogP contribution < -0.4 is 10.6 Å². The summed E-state index contributed by atoms with van der Waals surface area (Å²) < 4.78 is 6.03. The van der Waals surface area contributed by atoms with Gasteiger partial charge in [-0.1, -0.05) is 31.2 Å². The van der Waals surface area contributed by atoms with Crippen molar-refractivity contribution in [1.82, 2.24) is 9.97 Å². The van der Waals surface area contributed by atoms with Gasteiger partial charge in [0.25, 0.3) is 5.91 Å². The number of pyridine rings is 1. The second-order valence-electron chi connectivity index (χ2n) is 7.11. The van der Waals surface area contributed by atoms with Crippen LogP contribution in [-0.4, -0.2) is 21.8 Å². The molecule has 2 amide bonds. The molecule has 0 atom stereocenters. The molecule has 0 fully saturated rings. The molecule has 160 valence electrons. The van der Waals surface area contributed by atoms with E-state index < -0.39 is 5.91 Å². The largest absolute Gasteiger partial charge is 0.435 e. The van der Waals surface area contributed by atoms with Crippen LogP contribution in [0, 0.1) is 0 Å². The van der Waals surface area contributed by atoms with Crippen LogP contribution in [0.3, 0.4) is 0 Å². The van der Waals surface area contributed by atoms with E-state index in [2.05, 4.69) is 20.6 Å². The molecule has 4 rings (SSSR count). The van der Waals surface area contributed by atoms with E-state index in [0.717, 1.165) is 12.0 Å². The lowest BCUT2D eigenvalue weighted by Crippen LogP contribution is -2.14. The summed E-state index contributed by atoms with van der Waals surface area (Å²) in [4.78, 5) is 33.5. The molecule has 4 aromatic rings. The average Bonchev–Trinajstić information content (AvgIpc) is 3.27. The second-order valence-corrected chi connectivity index (χ2v) is 7.11. The Morgan fingerprint density at radius 1 is 0.875 bits per heavy atom. The number of rotatable bonds is 7. The average molecular weight is 426 g/mol. The molecule has 32 heavy (non-hydrogen) atoms. The Morgan fingerprint density at radius 3 is 2.31 bits per heavy atom. The Bertz CT molecular complexity index is 1200. The maximum atomic E-state index is 13.0. The zero-order valence-corrected chi connectivity index (χ0v) is 17.5. The summed E-state index contributed by atoms with van der Waals surface area (Å²) in [6.45, 7) is 1.95. The molecule has 7 heteroatoms. The van der Waals surface area contributed by atoms with Crippen molar-refractivity contribution in [3.05, 3.63) is 84.7 Å². The van der Waals surface area contributed by atoms with Crippen LogP contribution in [-0.2, 0) is 4.79 Å². The number of oxazole rings is 1. The van der Waals surface area contributed by atoms with Crippen LogP contribution in [0.25, 0.3) is 22.8 Å². The van der Waals surface area contributed by atoms with Crippen molar-refractivity contribution in [2.24, 2.45) is 0 Å². The van der Waals surface area contributed by atoms with Crippen LogP contribution in [0.2, 0.25) is 0 Å². The van der Waals surface area contributed by atoms with Crippen LogP contribution in [0.4, 0.5) is 11.5 Å². The van der Waals surface area contributed by atoms with Crippen molar-refractivity contribution < 1.29 is 14.0 Å². The Labute approximate surface area is 185 Å². The van der Waals surface area contributed by atoms with Gasteiger partial charge < -0.3 is 15.1 Å². The van der Waals surface area contributed by atoms with Gasteiger partial charge in [0.1, 0.15) is 5.82 Å². The van der Waals surface area contributed by atoms with Gasteiger partial charge in [-0.05, 0) is 55.0 Å². The van der Waals surface area contributed by atoms with Crippen molar-refractivity contribution in [1.29, 1.82) is 0 Å². The quantitative estimate of drug-likeness (QED) is 0.413. The van der Waals surface area contributed by atoms with Crippen LogP contribution in [0.15, 0.2) is 83.4 Å². The van der Waals surface area contributed by atoms with E-state index in [-0.39, 0.29) is 11.6 Å². The van der Waals surface area contributed by atoms with Crippen LogP contribution in [0.5, 0.6) is 0 Å². The van der Waals surface area contributed by atoms with E-state index in [1.807, 2.05) is 37.3 Å². The number of hydrogen-bond acceptors (Lipinski definition) is 5. The van der Waals surface area contributed by atoms with Crippen molar-refractivity contribution in [2.75, 3.05) is 10.6 Å². The van der Waals surface area contributed by atoms with Gasteiger partial charge in [0.05, 0.1) is 0 Å². The number of nitrogens with zero attached hydrogens (tertiary/aromatic N) is 2. The van der Waals surface area contributed by atoms with Gasteiger partial charge in [-0.15, -0.1) is 0 Å². The van der Waals surface area contributed by atoms with E-state index in [4.69, 9.17) is 4.42 Å². The monoisotopic (exact) mass is 426 g/mol. The molecule has 0 radical (unpaired) electrons. The van der Waals surface area contributed by atoms with Gasteiger partial charge >= 0.3 is 0 Å². The minimum absolute atomic E-state index is 0.0401. The molecular weight excluding hydrogens is 404 g/mol. The molecule has 2 aromatic carbocycles. The Morgan fingerprint density at radius 2 is 1.62 bits per heavy atom. The molecule has 0 saturated heterocycles. The highest BCUT2D eigenvalue weighted by atomic mass is 16.4. The number of benzene rings is 2. The van der Waals surface area contributed by atoms with Crippen LogP contribution in [0.1, 0.15) is 30.3 Å². The van der Waals surface area contributed by atoms with Gasteiger partial charge in [-0.3, -0.25) is 9.59 Å². The maximum Gasteiger partial charge on any atom is 0.279 e. The molecule has 0 aliphatic heterocycles. The minimum Gasteiger partial charge on any atom is -0.435 e. The predicted octanol–water partition coefficient (Wildman–Crippen LogP) is 5.39. The first-order valence-corrected chi connectivity index (χ1v) is 10.3. The number of anilines is 2. The predicted molar refractivity (Wildman–Crippen MR) is 123 cm³/mol.